The fourth-order valence-electron chi connectivity index (χ4n) is 2.17. The van der Waals surface area contributed by atoms with E-state index in [0.29, 0.717) is 26.2 Å². The number of hydrogen-bond donors (Lipinski definition) is 1. The average molecular weight is 260 g/mol. The summed E-state index contributed by atoms with van der Waals surface area (Å²) >= 11 is 0. The Kier molecular flexibility index (Phi) is 3.75. The number of carbonyl (C=O) groups excluding carboxylic acids is 1. The smallest absolute Gasteiger partial charge is 0.264 e. The molecule has 0 aromatic carbocycles. The van der Waals surface area contributed by atoms with Crippen molar-refractivity contribution in [2.24, 2.45) is 0 Å². The molecule has 1 aliphatic carbocycles. The molecular formula is C12H15F3N2O. The Morgan fingerprint density at radius 3 is 2.67 bits per heavy atom. The Balaban J connectivity index is 2.09. The zero-order valence-electron chi connectivity index (χ0n) is 9.83. The number of allylic oxidation sites excluding steroid dienone is 3. The van der Waals surface area contributed by atoms with Crippen LogP contribution in [0.25, 0.3) is 0 Å². The highest BCUT2D eigenvalue weighted by molar-refractivity contribution is 5.88. The minimum absolute atomic E-state index is 0.330. The minimum Gasteiger partial charge on any atom is -0.337 e. The van der Waals surface area contributed by atoms with Crippen molar-refractivity contribution in [3.63, 3.8) is 0 Å². The van der Waals surface area contributed by atoms with E-state index in [1.165, 1.54) is 17.1 Å². The van der Waals surface area contributed by atoms with Gasteiger partial charge in [-0.3, -0.25) is 4.79 Å². The van der Waals surface area contributed by atoms with Gasteiger partial charge < -0.3 is 10.2 Å². The molecule has 1 aliphatic heterocycles. The van der Waals surface area contributed by atoms with Gasteiger partial charge in [-0.25, -0.2) is 13.2 Å². The van der Waals surface area contributed by atoms with Gasteiger partial charge in [0.15, 0.2) is 0 Å². The summed E-state index contributed by atoms with van der Waals surface area (Å²) in [7, 11) is 0. The van der Waals surface area contributed by atoms with Gasteiger partial charge in [-0.05, 0) is 11.6 Å². The second-order valence-electron chi connectivity index (χ2n) is 4.48. The molecule has 3 nitrogen and oxygen atoms in total. The summed E-state index contributed by atoms with van der Waals surface area (Å²) in [6.45, 7) is 2.02. The van der Waals surface area contributed by atoms with E-state index >= 15 is 0 Å². The quantitative estimate of drug-likeness (QED) is 0.811. The van der Waals surface area contributed by atoms with E-state index < -0.39 is 24.4 Å². The summed E-state index contributed by atoms with van der Waals surface area (Å²) in [4.78, 5) is 13.4. The lowest BCUT2D eigenvalue weighted by molar-refractivity contribution is -0.141. The Morgan fingerprint density at radius 2 is 2.06 bits per heavy atom. The summed E-state index contributed by atoms with van der Waals surface area (Å²) < 4.78 is 39.6. The molecule has 0 saturated carbocycles. The van der Waals surface area contributed by atoms with Gasteiger partial charge >= 0.3 is 0 Å². The molecule has 0 spiro atoms. The van der Waals surface area contributed by atoms with Crippen molar-refractivity contribution < 1.29 is 18.0 Å². The zero-order chi connectivity index (χ0) is 13.2. The first-order valence-electron chi connectivity index (χ1n) is 5.88. The number of nitrogens with zero attached hydrogens (tertiary/aromatic N) is 1. The number of rotatable bonds is 2. The lowest BCUT2D eigenvalue weighted by atomic mass is 9.90. The molecule has 18 heavy (non-hydrogen) atoms. The molecular weight excluding hydrogens is 245 g/mol. The predicted molar refractivity (Wildman–Crippen MR) is 61.1 cm³/mol. The molecule has 2 rings (SSSR count). The fourth-order valence-corrected chi connectivity index (χ4v) is 2.17. The van der Waals surface area contributed by atoms with Crippen molar-refractivity contribution >= 4 is 5.91 Å². The van der Waals surface area contributed by atoms with Crippen LogP contribution in [-0.2, 0) is 4.79 Å². The average Bonchev–Trinajstić information content (AvgIpc) is 2.39. The molecule has 1 amide bonds. The third kappa shape index (κ3) is 2.58. The highest BCUT2D eigenvalue weighted by Gasteiger charge is 2.42. The molecule has 100 valence electrons. The lowest BCUT2D eigenvalue weighted by Crippen LogP contribution is -2.53. The Morgan fingerprint density at radius 1 is 1.39 bits per heavy atom. The van der Waals surface area contributed by atoms with Crippen LogP contribution in [-0.4, -0.2) is 49.1 Å². The number of piperazine rings is 1. The third-order valence-corrected chi connectivity index (χ3v) is 3.17. The van der Waals surface area contributed by atoms with Gasteiger partial charge in [-0.1, -0.05) is 12.2 Å². The maximum atomic E-state index is 14.5. The molecule has 6 heteroatoms. The highest BCUT2D eigenvalue weighted by Crippen LogP contribution is 2.32. The number of alkyl halides is 3. The van der Waals surface area contributed by atoms with E-state index in [9.17, 15) is 18.0 Å². The van der Waals surface area contributed by atoms with Crippen LogP contribution >= 0.6 is 0 Å². The molecule has 1 N–H and O–H groups in total. The summed E-state index contributed by atoms with van der Waals surface area (Å²) in [5, 5.41) is 3.05. The predicted octanol–water partition coefficient (Wildman–Crippen LogP) is 1.28. The second kappa shape index (κ2) is 5.14. The van der Waals surface area contributed by atoms with Crippen LogP contribution in [0, 0.1) is 0 Å². The van der Waals surface area contributed by atoms with Gasteiger partial charge in [0, 0.05) is 32.6 Å². The highest BCUT2D eigenvalue weighted by atomic mass is 19.3. The fraction of sp³-hybridized carbons (Fsp3) is 0.583. The van der Waals surface area contributed by atoms with Crippen molar-refractivity contribution in [3.8, 4) is 0 Å². The van der Waals surface area contributed by atoms with Gasteiger partial charge in [0.05, 0.1) is 0 Å². The van der Waals surface area contributed by atoms with Gasteiger partial charge in [0.1, 0.15) is 0 Å². The lowest BCUT2D eigenvalue weighted by Gasteiger charge is -2.34. The van der Waals surface area contributed by atoms with Crippen LogP contribution in [0.5, 0.6) is 0 Å². The van der Waals surface area contributed by atoms with Crippen LogP contribution in [0.2, 0.25) is 0 Å². The maximum Gasteiger partial charge on any atom is 0.264 e. The van der Waals surface area contributed by atoms with Gasteiger partial charge in [0.25, 0.3) is 12.3 Å². The Hall–Kier alpha value is -1.30. The van der Waals surface area contributed by atoms with Crippen LogP contribution in [0.1, 0.15) is 6.42 Å². The van der Waals surface area contributed by atoms with Crippen LogP contribution < -0.4 is 5.32 Å². The first-order valence-corrected chi connectivity index (χ1v) is 5.88. The van der Waals surface area contributed by atoms with Crippen molar-refractivity contribution in [2.45, 2.75) is 18.5 Å². The molecule has 0 bridgehead atoms. The summed E-state index contributed by atoms with van der Waals surface area (Å²) in [5.74, 6) is -0.716. The van der Waals surface area contributed by atoms with Gasteiger partial charge in [0.2, 0.25) is 5.67 Å². The first-order chi connectivity index (χ1) is 8.53. The minimum atomic E-state index is -2.72. The Labute approximate surface area is 103 Å². The standard InChI is InChI=1S/C12H15F3N2O/c13-10(14)9-2-1-3-12(15,8-9)11(18)17-6-4-16-5-7-17/h1-3,10,16H,4-8H2. The van der Waals surface area contributed by atoms with Crippen LogP contribution in [0.4, 0.5) is 13.2 Å². The van der Waals surface area contributed by atoms with E-state index in [0.717, 1.165) is 6.08 Å². The number of halogens is 3. The topological polar surface area (TPSA) is 32.3 Å². The van der Waals surface area contributed by atoms with E-state index in [4.69, 9.17) is 0 Å². The van der Waals surface area contributed by atoms with Gasteiger partial charge in [-0.2, -0.15) is 0 Å². The molecule has 0 radical (unpaired) electrons. The van der Waals surface area contributed by atoms with Crippen molar-refractivity contribution in [1.82, 2.24) is 10.2 Å². The molecule has 1 fully saturated rings. The number of nitrogens with one attached hydrogen (secondary N) is 1. The van der Waals surface area contributed by atoms with Crippen molar-refractivity contribution in [3.05, 3.63) is 23.8 Å². The molecule has 1 unspecified atom stereocenters. The van der Waals surface area contributed by atoms with Crippen LogP contribution in [0.15, 0.2) is 23.8 Å². The summed E-state index contributed by atoms with van der Waals surface area (Å²) in [6.07, 6.45) is 0.173. The molecule has 1 heterocycles. The van der Waals surface area contributed by atoms with E-state index in [2.05, 4.69) is 5.32 Å². The summed E-state index contributed by atoms with van der Waals surface area (Å²) in [5.41, 5.74) is -2.65. The largest absolute Gasteiger partial charge is 0.337 e. The molecule has 0 aromatic heterocycles. The zero-order valence-corrected chi connectivity index (χ0v) is 9.83. The van der Waals surface area contributed by atoms with Crippen molar-refractivity contribution in [2.75, 3.05) is 26.2 Å². The van der Waals surface area contributed by atoms with Crippen LogP contribution in [0.3, 0.4) is 0 Å². The first kappa shape index (κ1) is 13.1. The Bertz CT molecular complexity index is 389. The van der Waals surface area contributed by atoms with Crippen molar-refractivity contribution in [1.29, 1.82) is 0 Å². The number of hydrogen-bond acceptors (Lipinski definition) is 2. The summed E-state index contributed by atoms with van der Waals surface area (Å²) in [6, 6.07) is 0. The van der Waals surface area contributed by atoms with E-state index in [1.54, 1.807) is 0 Å². The number of amides is 1. The molecule has 2 aliphatic rings. The number of carbonyl (C=O) groups is 1. The van der Waals surface area contributed by atoms with Gasteiger partial charge in [-0.15, -0.1) is 0 Å². The second-order valence-corrected chi connectivity index (χ2v) is 4.48. The van der Waals surface area contributed by atoms with E-state index in [1.807, 2.05) is 0 Å². The maximum absolute atomic E-state index is 14.5. The third-order valence-electron chi connectivity index (χ3n) is 3.17. The SMILES string of the molecule is O=C(N1CCNCC1)C1(F)C=CC=C(C(F)F)C1. The molecule has 1 atom stereocenters. The monoisotopic (exact) mass is 260 g/mol. The molecule has 0 aromatic rings. The molecule has 1 saturated heterocycles. The van der Waals surface area contributed by atoms with E-state index in [-0.39, 0.29) is 5.57 Å². The normalized spacial score (nSPS) is 28.4.